The van der Waals surface area contributed by atoms with Crippen molar-refractivity contribution in [2.75, 3.05) is 25.3 Å². The number of fused-ring (bicyclic) bond motifs is 1. The minimum absolute atomic E-state index is 0.109. The average Bonchev–Trinajstić information content (AvgIpc) is 3.18. The second kappa shape index (κ2) is 8.90. The van der Waals surface area contributed by atoms with E-state index in [-0.39, 0.29) is 13.3 Å². The van der Waals surface area contributed by atoms with Gasteiger partial charge < -0.3 is 24.8 Å². The zero-order chi connectivity index (χ0) is 19.9. The molecule has 8 heteroatoms. The van der Waals surface area contributed by atoms with Crippen molar-refractivity contribution in [3.8, 4) is 11.5 Å². The fourth-order valence-corrected chi connectivity index (χ4v) is 2.63. The molecule has 0 saturated heterocycles. The molecule has 0 aromatic heterocycles. The van der Waals surface area contributed by atoms with E-state index in [0.717, 1.165) is 12.0 Å². The van der Waals surface area contributed by atoms with Gasteiger partial charge in [-0.25, -0.2) is 0 Å². The molecule has 2 amide bonds. The molecule has 1 aliphatic heterocycles. The van der Waals surface area contributed by atoms with Gasteiger partial charge >= 0.3 is 5.97 Å². The molecular weight excluding hydrogens is 364 g/mol. The number of anilines is 1. The summed E-state index contributed by atoms with van der Waals surface area (Å²) in [5.41, 5.74) is 1.99. The van der Waals surface area contributed by atoms with Gasteiger partial charge in [0.1, 0.15) is 6.54 Å². The van der Waals surface area contributed by atoms with E-state index in [1.54, 1.807) is 18.2 Å². The first-order valence-electron chi connectivity index (χ1n) is 8.78. The van der Waals surface area contributed by atoms with Crippen molar-refractivity contribution in [2.45, 2.75) is 13.3 Å². The fourth-order valence-electron chi connectivity index (χ4n) is 2.63. The van der Waals surface area contributed by atoms with Crippen LogP contribution in [0, 0.1) is 0 Å². The van der Waals surface area contributed by atoms with Crippen LogP contribution in [0.15, 0.2) is 42.5 Å². The summed E-state index contributed by atoms with van der Waals surface area (Å²) < 4.78 is 15.3. The zero-order valence-corrected chi connectivity index (χ0v) is 15.3. The van der Waals surface area contributed by atoms with Gasteiger partial charge in [-0.3, -0.25) is 14.4 Å². The summed E-state index contributed by atoms with van der Waals surface area (Å²) >= 11 is 0. The lowest BCUT2D eigenvalue weighted by Gasteiger charge is -2.10. The second-order valence-corrected chi connectivity index (χ2v) is 5.97. The Balaban J connectivity index is 1.43. The van der Waals surface area contributed by atoms with Gasteiger partial charge in [-0.05, 0) is 36.2 Å². The van der Waals surface area contributed by atoms with Crippen molar-refractivity contribution in [3.63, 3.8) is 0 Å². The summed E-state index contributed by atoms with van der Waals surface area (Å²) in [6.45, 7) is 1.30. The number of aryl methyl sites for hydroxylation is 1. The Kier molecular flexibility index (Phi) is 6.11. The molecule has 1 heterocycles. The number of benzene rings is 2. The third kappa shape index (κ3) is 4.79. The normalized spacial score (nSPS) is 11.6. The van der Waals surface area contributed by atoms with Crippen molar-refractivity contribution in [3.05, 3.63) is 53.6 Å². The van der Waals surface area contributed by atoms with Crippen LogP contribution in [0.25, 0.3) is 0 Å². The third-order valence-corrected chi connectivity index (χ3v) is 4.06. The standard InChI is InChI=1S/C20H20N2O6/c1-2-13-5-3-4-6-15(13)22-18(23)11-26-19(24)10-21-20(25)14-7-8-16-17(9-14)28-12-27-16/h3-9H,2,10-12H2,1H3,(H,21,25)(H,22,23). The predicted octanol–water partition coefficient (Wildman–Crippen LogP) is 1.89. The molecule has 0 fully saturated rings. The monoisotopic (exact) mass is 384 g/mol. The van der Waals surface area contributed by atoms with Gasteiger partial charge in [0.05, 0.1) is 0 Å². The average molecular weight is 384 g/mol. The number of carbonyl (C=O) groups is 3. The molecule has 2 aromatic carbocycles. The highest BCUT2D eigenvalue weighted by Crippen LogP contribution is 2.32. The van der Waals surface area contributed by atoms with Crippen molar-refractivity contribution < 1.29 is 28.6 Å². The van der Waals surface area contributed by atoms with Crippen LogP contribution >= 0.6 is 0 Å². The van der Waals surface area contributed by atoms with Crippen molar-refractivity contribution in [1.29, 1.82) is 0 Å². The quantitative estimate of drug-likeness (QED) is 0.707. The molecule has 1 aliphatic rings. The Hall–Kier alpha value is -3.55. The van der Waals surface area contributed by atoms with E-state index in [9.17, 15) is 14.4 Å². The molecular formula is C20H20N2O6. The molecule has 0 radical (unpaired) electrons. The maximum absolute atomic E-state index is 12.1. The number of carbonyl (C=O) groups excluding carboxylic acids is 3. The highest BCUT2D eigenvalue weighted by Gasteiger charge is 2.17. The molecule has 0 aliphatic carbocycles. The van der Waals surface area contributed by atoms with Crippen LogP contribution in [0.1, 0.15) is 22.8 Å². The number of ether oxygens (including phenoxy) is 3. The van der Waals surface area contributed by atoms with E-state index < -0.39 is 24.4 Å². The van der Waals surface area contributed by atoms with Crippen LogP contribution in [0.4, 0.5) is 5.69 Å². The number of amides is 2. The van der Waals surface area contributed by atoms with Crippen LogP contribution in [0.2, 0.25) is 0 Å². The van der Waals surface area contributed by atoms with Crippen LogP contribution < -0.4 is 20.1 Å². The van der Waals surface area contributed by atoms with E-state index >= 15 is 0 Å². The predicted molar refractivity (Wildman–Crippen MR) is 100 cm³/mol. The molecule has 28 heavy (non-hydrogen) atoms. The van der Waals surface area contributed by atoms with E-state index in [1.165, 1.54) is 6.07 Å². The van der Waals surface area contributed by atoms with Gasteiger partial charge in [-0.1, -0.05) is 25.1 Å². The Morgan fingerprint density at radius 2 is 1.86 bits per heavy atom. The van der Waals surface area contributed by atoms with Crippen LogP contribution in [0.5, 0.6) is 11.5 Å². The molecule has 0 saturated carbocycles. The topological polar surface area (TPSA) is 103 Å². The largest absolute Gasteiger partial charge is 0.454 e. The fraction of sp³-hybridized carbons (Fsp3) is 0.250. The molecule has 3 rings (SSSR count). The van der Waals surface area contributed by atoms with Crippen LogP contribution in [0.3, 0.4) is 0 Å². The van der Waals surface area contributed by atoms with E-state index in [1.807, 2.05) is 25.1 Å². The summed E-state index contributed by atoms with van der Waals surface area (Å²) in [5, 5.41) is 5.14. The highest BCUT2D eigenvalue weighted by atomic mass is 16.7. The van der Waals surface area contributed by atoms with Gasteiger partial charge in [0.2, 0.25) is 6.79 Å². The smallest absolute Gasteiger partial charge is 0.325 e. The summed E-state index contributed by atoms with van der Waals surface area (Å²) in [6.07, 6.45) is 0.766. The van der Waals surface area contributed by atoms with Crippen LogP contribution in [-0.2, 0) is 20.7 Å². The highest BCUT2D eigenvalue weighted by molar-refractivity contribution is 5.97. The second-order valence-electron chi connectivity index (χ2n) is 5.97. The number of hydrogen-bond acceptors (Lipinski definition) is 6. The minimum Gasteiger partial charge on any atom is -0.454 e. The first-order chi connectivity index (χ1) is 13.6. The third-order valence-electron chi connectivity index (χ3n) is 4.06. The Bertz CT molecular complexity index is 896. The summed E-state index contributed by atoms with van der Waals surface area (Å²) in [6, 6.07) is 12.1. The van der Waals surface area contributed by atoms with Crippen molar-refractivity contribution in [2.24, 2.45) is 0 Å². The minimum atomic E-state index is -0.715. The van der Waals surface area contributed by atoms with Gasteiger partial charge in [0.25, 0.3) is 11.8 Å². The summed E-state index contributed by atoms with van der Waals surface area (Å²) in [7, 11) is 0. The molecule has 0 unspecified atom stereocenters. The van der Waals surface area contributed by atoms with E-state index in [0.29, 0.717) is 22.7 Å². The first kappa shape index (κ1) is 19.2. The molecule has 146 valence electrons. The van der Waals surface area contributed by atoms with E-state index in [4.69, 9.17) is 14.2 Å². The van der Waals surface area contributed by atoms with Gasteiger partial charge in [-0.15, -0.1) is 0 Å². The number of esters is 1. The molecule has 2 N–H and O–H groups in total. The SMILES string of the molecule is CCc1ccccc1NC(=O)COC(=O)CNC(=O)c1ccc2c(c1)OCO2. The lowest BCUT2D eigenvalue weighted by Crippen LogP contribution is -2.32. The lowest BCUT2D eigenvalue weighted by atomic mass is 10.1. The Labute approximate surface area is 161 Å². The Morgan fingerprint density at radius 3 is 2.68 bits per heavy atom. The molecule has 0 bridgehead atoms. The summed E-state index contributed by atoms with van der Waals surface area (Å²) in [5.74, 6) is -0.591. The maximum atomic E-state index is 12.1. The number of para-hydroxylation sites is 1. The number of hydrogen-bond donors (Lipinski definition) is 2. The van der Waals surface area contributed by atoms with Gasteiger partial charge in [-0.2, -0.15) is 0 Å². The maximum Gasteiger partial charge on any atom is 0.325 e. The lowest BCUT2D eigenvalue weighted by molar-refractivity contribution is -0.146. The zero-order valence-electron chi connectivity index (χ0n) is 15.3. The number of rotatable bonds is 7. The molecule has 0 spiro atoms. The van der Waals surface area contributed by atoms with Gasteiger partial charge in [0.15, 0.2) is 18.1 Å². The first-order valence-corrected chi connectivity index (χ1v) is 8.78. The molecule has 2 aromatic rings. The number of nitrogens with one attached hydrogen (secondary N) is 2. The summed E-state index contributed by atoms with van der Waals surface area (Å²) in [4.78, 5) is 35.8. The molecule has 0 atom stereocenters. The van der Waals surface area contributed by atoms with Crippen molar-refractivity contribution >= 4 is 23.5 Å². The Morgan fingerprint density at radius 1 is 1.07 bits per heavy atom. The van der Waals surface area contributed by atoms with Crippen molar-refractivity contribution in [1.82, 2.24) is 5.32 Å². The van der Waals surface area contributed by atoms with E-state index in [2.05, 4.69) is 10.6 Å². The van der Waals surface area contributed by atoms with Crippen LogP contribution in [-0.4, -0.2) is 37.7 Å². The van der Waals surface area contributed by atoms with Gasteiger partial charge in [0, 0.05) is 11.3 Å². The molecule has 8 nitrogen and oxygen atoms in total.